The maximum absolute atomic E-state index is 5.77. The normalized spacial score (nSPS) is 10.8. The lowest BCUT2D eigenvalue weighted by molar-refractivity contribution is 1.17. The molecule has 0 bridgehead atoms. The molecular weight excluding hydrogens is 240 g/mol. The van der Waals surface area contributed by atoms with E-state index in [9.17, 15) is 0 Å². The molecule has 0 aliphatic heterocycles. The Morgan fingerprint density at radius 3 is 2.94 bits per heavy atom. The highest BCUT2D eigenvalue weighted by Crippen LogP contribution is 2.26. The standard InChI is InChI=1S/C12H7ClN2S/c13-12-14-5-3-10(15-12)9-2-1-8-4-6-16-11(8)7-9/h1-7H. The molecule has 0 saturated heterocycles. The summed E-state index contributed by atoms with van der Waals surface area (Å²) in [6.07, 6.45) is 1.67. The summed E-state index contributed by atoms with van der Waals surface area (Å²) >= 11 is 7.50. The van der Waals surface area contributed by atoms with Crippen LogP contribution in [0.3, 0.4) is 0 Å². The molecule has 2 nitrogen and oxygen atoms in total. The lowest BCUT2D eigenvalue weighted by Gasteiger charge is -2.00. The summed E-state index contributed by atoms with van der Waals surface area (Å²) in [5.74, 6) is 0. The molecule has 0 amide bonds. The van der Waals surface area contributed by atoms with Gasteiger partial charge >= 0.3 is 0 Å². The average Bonchev–Trinajstić information content (AvgIpc) is 2.75. The zero-order valence-electron chi connectivity index (χ0n) is 8.22. The van der Waals surface area contributed by atoms with E-state index in [1.54, 1.807) is 17.5 Å². The Balaban J connectivity index is 2.18. The molecule has 0 saturated carbocycles. The fourth-order valence-corrected chi connectivity index (χ4v) is 2.59. The van der Waals surface area contributed by atoms with Crippen molar-refractivity contribution in [2.45, 2.75) is 0 Å². The maximum atomic E-state index is 5.77. The topological polar surface area (TPSA) is 25.8 Å². The molecule has 0 aliphatic carbocycles. The predicted octanol–water partition coefficient (Wildman–Crippen LogP) is 4.01. The second-order valence-corrected chi connectivity index (χ2v) is 4.67. The van der Waals surface area contributed by atoms with Crippen molar-refractivity contribution >= 4 is 33.0 Å². The van der Waals surface area contributed by atoms with E-state index in [2.05, 4.69) is 33.5 Å². The minimum Gasteiger partial charge on any atom is -0.226 e. The summed E-state index contributed by atoms with van der Waals surface area (Å²) in [6.45, 7) is 0. The van der Waals surface area contributed by atoms with Crippen LogP contribution < -0.4 is 0 Å². The predicted molar refractivity (Wildman–Crippen MR) is 67.9 cm³/mol. The molecule has 2 heterocycles. The summed E-state index contributed by atoms with van der Waals surface area (Å²) in [4.78, 5) is 8.07. The SMILES string of the molecule is Clc1nccc(-c2ccc3ccsc3c2)n1. The molecule has 3 rings (SSSR count). The Morgan fingerprint density at radius 2 is 2.06 bits per heavy atom. The first-order chi connectivity index (χ1) is 7.83. The second kappa shape index (κ2) is 3.85. The molecule has 0 spiro atoms. The van der Waals surface area contributed by atoms with Gasteiger partial charge in [-0.25, -0.2) is 9.97 Å². The minimum absolute atomic E-state index is 0.281. The highest BCUT2D eigenvalue weighted by Gasteiger charge is 2.02. The van der Waals surface area contributed by atoms with Crippen molar-refractivity contribution in [2.24, 2.45) is 0 Å². The number of nitrogens with zero attached hydrogens (tertiary/aromatic N) is 2. The molecule has 0 fully saturated rings. The van der Waals surface area contributed by atoms with Crippen molar-refractivity contribution in [3.05, 3.63) is 47.2 Å². The summed E-state index contributed by atoms with van der Waals surface area (Å²) in [5.41, 5.74) is 1.93. The zero-order valence-corrected chi connectivity index (χ0v) is 9.79. The number of halogens is 1. The van der Waals surface area contributed by atoms with E-state index in [0.29, 0.717) is 0 Å². The van der Waals surface area contributed by atoms with Crippen molar-refractivity contribution in [2.75, 3.05) is 0 Å². The van der Waals surface area contributed by atoms with Gasteiger partial charge in [-0.2, -0.15) is 0 Å². The summed E-state index contributed by atoms with van der Waals surface area (Å²) < 4.78 is 1.26. The van der Waals surface area contributed by atoms with E-state index in [1.165, 1.54) is 10.1 Å². The van der Waals surface area contributed by atoms with Gasteiger partial charge in [-0.3, -0.25) is 0 Å². The van der Waals surface area contributed by atoms with Gasteiger partial charge in [0.1, 0.15) is 0 Å². The largest absolute Gasteiger partial charge is 0.226 e. The minimum atomic E-state index is 0.281. The quantitative estimate of drug-likeness (QED) is 0.607. The molecule has 16 heavy (non-hydrogen) atoms. The van der Waals surface area contributed by atoms with E-state index in [-0.39, 0.29) is 5.28 Å². The average molecular weight is 247 g/mol. The first-order valence-corrected chi connectivity index (χ1v) is 6.05. The lowest BCUT2D eigenvalue weighted by atomic mass is 10.1. The van der Waals surface area contributed by atoms with Crippen LogP contribution in [0.1, 0.15) is 0 Å². The van der Waals surface area contributed by atoms with Crippen molar-refractivity contribution < 1.29 is 0 Å². The number of hydrogen-bond acceptors (Lipinski definition) is 3. The van der Waals surface area contributed by atoms with Crippen LogP contribution in [0.15, 0.2) is 41.9 Å². The van der Waals surface area contributed by atoms with Gasteiger partial charge in [-0.15, -0.1) is 11.3 Å². The first-order valence-electron chi connectivity index (χ1n) is 4.79. The molecule has 0 unspecified atom stereocenters. The molecular formula is C12H7ClN2S. The van der Waals surface area contributed by atoms with E-state index in [1.807, 2.05) is 12.1 Å². The number of benzene rings is 1. The van der Waals surface area contributed by atoms with Crippen LogP contribution in [0, 0.1) is 0 Å². The molecule has 2 aromatic heterocycles. The van der Waals surface area contributed by atoms with Crippen LogP contribution in [-0.4, -0.2) is 9.97 Å². The molecule has 78 valence electrons. The van der Waals surface area contributed by atoms with E-state index >= 15 is 0 Å². The van der Waals surface area contributed by atoms with Gasteiger partial charge in [0, 0.05) is 16.5 Å². The summed E-state index contributed by atoms with van der Waals surface area (Å²) in [6, 6.07) is 10.2. The van der Waals surface area contributed by atoms with Gasteiger partial charge in [0.25, 0.3) is 0 Å². The van der Waals surface area contributed by atoms with Gasteiger partial charge in [0.05, 0.1) is 5.69 Å². The van der Waals surface area contributed by atoms with E-state index in [0.717, 1.165) is 11.3 Å². The Labute approximate surface area is 102 Å². The third-order valence-electron chi connectivity index (χ3n) is 2.38. The van der Waals surface area contributed by atoms with Crippen molar-refractivity contribution in [1.29, 1.82) is 0 Å². The van der Waals surface area contributed by atoms with Gasteiger partial charge < -0.3 is 0 Å². The van der Waals surface area contributed by atoms with Gasteiger partial charge in [-0.1, -0.05) is 12.1 Å². The fourth-order valence-electron chi connectivity index (χ4n) is 1.61. The van der Waals surface area contributed by atoms with Crippen LogP contribution in [0.2, 0.25) is 5.28 Å². The van der Waals surface area contributed by atoms with E-state index < -0.39 is 0 Å². The van der Waals surface area contributed by atoms with Crippen LogP contribution in [0.25, 0.3) is 21.3 Å². The number of thiophene rings is 1. The molecule has 3 aromatic rings. The third-order valence-corrected chi connectivity index (χ3v) is 3.44. The first kappa shape index (κ1) is 9.75. The monoisotopic (exact) mass is 246 g/mol. The van der Waals surface area contributed by atoms with Crippen LogP contribution >= 0.6 is 22.9 Å². The van der Waals surface area contributed by atoms with Crippen molar-refractivity contribution in [3.63, 3.8) is 0 Å². The van der Waals surface area contributed by atoms with E-state index in [4.69, 9.17) is 11.6 Å². The number of aromatic nitrogens is 2. The molecule has 4 heteroatoms. The Kier molecular flexibility index (Phi) is 2.35. The Bertz CT molecular complexity index is 648. The molecule has 1 aromatic carbocycles. The number of rotatable bonds is 1. The molecule has 0 aliphatic rings. The number of fused-ring (bicyclic) bond motifs is 1. The van der Waals surface area contributed by atoms with Crippen molar-refractivity contribution in [1.82, 2.24) is 9.97 Å². The highest BCUT2D eigenvalue weighted by molar-refractivity contribution is 7.17. The Hall–Kier alpha value is -1.45. The summed E-state index contributed by atoms with van der Waals surface area (Å²) in [7, 11) is 0. The van der Waals surface area contributed by atoms with Gasteiger partial charge in [0.15, 0.2) is 0 Å². The number of hydrogen-bond donors (Lipinski definition) is 0. The summed E-state index contributed by atoms with van der Waals surface area (Å²) in [5, 5.41) is 3.62. The lowest BCUT2D eigenvalue weighted by Crippen LogP contribution is -1.85. The highest BCUT2D eigenvalue weighted by atomic mass is 35.5. The van der Waals surface area contributed by atoms with Gasteiger partial charge in [-0.05, 0) is 40.6 Å². The molecule has 0 N–H and O–H groups in total. The Morgan fingerprint density at radius 1 is 1.12 bits per heavy atom. The van der Waals surface area contributed by atoms with Crippen LogP contribution in [0.5, 0.6) is 0 Å². The van der Waals surface area contributed by atoms with Crippen LogP contribution in [0.4, 0.5) is 0 Å². The molecule has 0 radical (unpaired) electrons. The molecule has 0 atom stereocenters. The second-order valence-electron chi connectivity index (χ2n) is 3.38. The van der Waals surface area contributed by atoms with Gasteiger partial charge in [0.2, 0.25) is 5.28 Å². The smallest absolute Gasteiger partial charge is 0.222 e. The van der Waals surface area contributed by atoms with Crippen molar-refractivity contribution in [3.8, 4) is 11.3 Å². The zero-order chi connectivity index (χ0) is 11.0. The fraction of sp³-hybridized carbons (Fsp3) is 0. The maximum Gasteiger partial charge on any atom is 0.222 e. The van der Waals surface area contributed by atoms with Crippen LogP contribution in [-0.2, 0) is 0 Å². The third kappa shape index (κ3) is 1.68.